The number of carbonyl (C=O) groups excluding carboxylic acids is 2. The molecule has 1 saturated heterocycles. The zero-order valence-corrected chi connectivity index (χ0v) is 9.36. The first-order chi connectivity index (χ1) is 7.58. The second-order valence-electron chi connectivity index (χ2n) is 3.56. The Morgan fingerprint density at radius 1 is 1.56 bits per heavy atom. The fourth-order valence-corrected chi connectivity index (χ4v) is 1.74. The van der Waals surface area contributed by atoms with E-state index in [1.807, 2.05) is 0 Å². The van der Waals surface area contributed by atoms with Crippen LogP contribution in [0.15, 0.2) is 18.3 Å². The van der Waals surface area contributed by atoms with Crippen molar-refractivity contribution in [3.63, 3.8) is 0 Å². The highest BCUT2D eigenvalue weighted by Gasteiger charge is 2.35. The Morgan fingerprint density at radius 3 is 2.88 bits per heavy atom. The molecule has 1 aromatic rings. The van der Waals surface area contributed by atoms with Crippen molar-refractivity contribution in [1.29, 1.82) is 0 Å². The number of nitrogens with one attached hydrogen (secondary N) is 1. The number of hydrogen-bond acceptors (Lipinski definition) is 4. The molecule has 0 spiro atoms. The molecule has 1 aliphatic heterocycles. The van der Waals surface area contributed by atoms with E-state index < -0.39 is 6.04 Å². The van der Waals surface area contributed by atoms with Crippen molar-refractivity contribution in [2.75, 3.05) is 12.4 Å². The molecular formula is C10H10ClN3O2. The minimum Gasteiger partial charge on any atom is -0.373 e. The number of amides is 2. The van der Waals surface area contributed by atoms with Crippen molar-refractivity contribution in [2.24, 2.45) is 0 Å². The van der Waals surface area contributed by atoms with Crippen LogP contribution in [0.1, 0.15) is 6.42 Å². The second-order valence-corrected chi connectivity index (χ2v) is 3.95. The standard InChI is InChI=1S/C10H10ClN3O2/c1-14-9(15)5-7(10(14)16)13-6-2-3-12-8(11)4-6/h2-4,7H,5H2,1H3,(H,12,13). The summed E-state index contributed by atoms with van der Waals surface area (Å²) in [5.74, 6) is -0.402. The predicted molar refractivity (Wildman–Crippen MR) is 59.1 cm³/mol. The second kappa shape index (κ2) is 4.09. The summed E-state index contributed by atoms with van der Waals surface area (Å²) in [5.41, 5.74) is 0.682. The Morgan fingerprint density at radius 2 is 2.31 bits per heavy atom. The highest BCUT2D eigenvalue weighted by Crippen LogP contribution is 2.18. The van der Waals surface area contributed by atoms with Crippen molar-refractivity contribution in [1.82, 2.24) is 9.88 Å². The van der Waals surface area contributed by atoms with Crippen LogP contribution >= 0.6 is 11.6 Å². The molecule has 0 saturated carbocycles. The van der Waals surface area contributed by atoms with E-state index in [1.165, 1.54) is 13.2 Å². The van der Waals surface area contributed by atoms with Gasteiger partial charge in [-0.05, 0) is 12.1 Å². The zero-order chi connectivity index (χ0) is 11.7. The molecule has 1 atom stereocenters. The molecule has 16 heavy (non-hydrogen) atoms. The number of aromatic nitrogens is 1. The first-order valence-corrected chi connectivity index (χ1v) is 5.14. The summed E-state index contributed by atoms with van der Waals surface area (Å²) in [4.78, 5) is 27.8. The van der Waals surface area contributed by atoms with Gasteiger partial charge in [0.05, 0.1) is 6.42 Å². The minimum absolute atomic E-state index is 0.176. The Balaban J connectivity index is 2.12. The molecule has 0 bridgehead atoms. The lowest BCUT2D eigenvalue weighted by Gasteiger charge is -2.12. The van der Waals surface area contributed by atoms with Gasteiger partial charge in [0.15, 0.2) is 0 Å². The highest BCUT2D eigenvalue weighted by atomic mass is 35.5. The van der Waals surface area contributed by atoms with Crippen LogP contribution in [0.3, 0.4) is 0 Å². The van der Waals surface area contributed by atoms with Gasteiger partial charge in [-0.25, -0.2) is 4.98 Å². The number of likely N-dealkylation sites (tertiary alicyclic amines) is 1. The van der Waals surface area contributed by atoms with E-state index in [0.29, 0.717) is 10.8 Å². The quantitative estimate of drug-likeness (QED) is 0.615. The maximum absolute atomic E-state index is 11.6. The molecule has 84 valence electrons. The maximum atomic E-state index is 11.6. The third-order valence-corrected chi connectivity index (χ3v) is 2.66. The van der Waals surface area contributed by atoms with Gasteiger partial charge in [-0.1, -0.05) is 11.6 Å². The van der Waals surface area contributed by atoms with Crippen molar-refractivity contribution in [3.8, 4) is 0 Å². The number of rotatable bonds is 2. The Hall–Kier alpha value is -1.62. The number of hydrogen-bond donors (Lipinski definition) is 1. The molecule has 5 nitrogen and oxygen atoms in total. The van der Waals surface area contributed by atoms with E-state index in [4.69, 9.17) is 11.6 Å². The lowest BCUT2D eigenvalue weighted by atomic mass is 10.2. The summed E-state index contributed by atoms with van der Waals surface area (Å²) in [5, 5.41) is 3.30. The van der Waals surface area contributed by atoms with Crippen LogP contribution in [-0.2, 0) is 9.59 Å². The number of halogens is 1. The molecule has 1 unspecified atom stereocenters. The minimum atomic E-state index is -0.504. The number of pyridine rings is 1. The molecule has 1 aliphatic rings. The Labute approximate surface area is 97.4 Å². The fraction of sp³-hybridized carbons (Fsp3) is 0.300. The van der Waals surface area contributed by atoms with E-state index in [1.54, 1.807) is 12.1 Å². The van der Waals surface area contributed by atoms with E-state index in [0.717, 1.165) is 4.90 Å². The van der Waals surface area contributed by atoms with Gasteiger partial charge in [-0.15, -0.1) is 0 Å². The summed E-state index contributed by atoms with van der Waals surface area (Å²) in [7, 11) is 1.48. The Kier molecular flexibility index (Phi) is 2.78. The topological polar surface area (TPSA) is 62.3 Å². The molecule has 0 radical (unpaired) electrons. The maximum Gasteiger partial charge on any atom is 0.251 e. The first-order valence-electron chi connectivity index (χ1n) is 4.76. The van der Waals surface area contributed by atoms with E-state index in [-0.39, 0.29) is 18.2 Å². The van der Waals surface area contributed by atoms with Crippen molar-refractivity contribution in [3.05, 3.63) is 23.5 Å². The smallest absolute Gasteiger partial charge is 0.251 e. The Bertz CT molecular complexity index is 449. The van der Waals surface area contributed by atoms with Gasteiger partial charge >= 0.3 is 0 Å². The summed E-state index contributed by atoms with van der Waals surface area (Å²) in [6, 6.07) is 2.80. The van der Waals surface area contributed by atoms with Crippen LogP contribution in [0.5, 0.6) is 0 Å². The van der Waals surface area contributed by atoms with Crippen molar-refractivity contribution in [2.45, 2.75) is 12.5 Å². The fourth-order valence-electron chi connectivity index (χ4n) is 1.56. The molecule has 2 amide bonds. The van der Waals surface area contributed by atoms with Crippen LogP contribution in [0, 0.1) is 0 Å². The van der Waals surface area contributed by atoms with E-state index in [9.17, 15) is 9.59 Å². The molecule has 1 fully saturated rings. The molecule has 1 aromatic heterocycles. The summed E-state index contributed by atoms with van der Waals surface area (Å²) in [6.45, 7) is 0. The monoisotopic (exact) mass is 239 g/mol. The van der Waals surface area contributed by atoms with Gasteiger partial charge in [-0.2, -0.15) is 0 Å². The number of carbonyl (C=O) groups is 2. The molecule has 2 rings (SSSR count). The van der Waals surface area contributed by atoms with Gasteiger partial charge in [0.1, 0.15) is 11.2 Å². The third kappa shape index (κ3) is 1.99. The van der Waals surface area contributed by atoms with Gasteiger partial charge in [0.25, 0.3) is 5.91 Å². The number of anilines is 1. The number of likely N-dealkylation sites (N-methyl/N-ethyl adjacent to an activating group) is 1. The first kappa shape index (κ1) is 10.9. The number of imide groups is 1. The molecule has 6 heteroatoms. The van der Waals surface area contributed by atoms with Crippen LogP contribution in [0.25, 0.3) is 0 Å². The largest absolute Gasteiger partial charge is 0.373 e. The van der Waals surface area contributed by atoms with Gasteiger partial charge < -0.3 is 5.32 Å². The van der Waals surface area contributed by atoms with Crippen LogP contribution in [-0.4, -0.2) is 34.8 Å². The van der Waals surface area contributed by atoms with Crippen LogP contribution in [0.2, 0.25) is 5.15 Å². The molecule has 0 aliphatic carbocycles. The zero-order valence-electron chi connectivity index (χ0n) is 8.61. The van der Waals surface area contributed by atoms with Crippen LogP contribution < -0.4 is 5.32 Å². The highest BCUT2D eigenvalue weighted by molar-refractivity contribution is 6.29. The average Bonchev–Trinajstić information content (AvgIpc) is 2.47. The van der Waals surface area contributed by atoms with E-state index in [2.05, 4.69) is 10.3 Å². The summed E-state index contributed by atoms with van der Waals surface area (Å²) < 4.78 is 0. The summed E-state index contributed by atoms with van der Waals surface area (Å²) >= 11 is 5.71. The van der Waals surface area contributed by atoms with Crippen molar-refractivity contribution < 1.29 is 9.59 Å². The lowest BCUT2D eigenvalue weighted by Crippen LogP contribution is -2.31. The molecule has 1 N–H and O–H groups in total. The van der Waals surface area contributed by atoms with Gasteiger partial charge in [-0.3, -0.25) is 14.5 Å². The normalized spacial score (nSPS) is 20.4. The average molecular weight is 240 g/mol. The third-order valence-electron chi connectivity index (χ3n) is 2.45. The SMILES string of the molecule is CN1C(=O)CC(Nc2ccnc(Cl)c2)C1=O. The molecule has 0 aromatic carbocycles. The predicted octanol–water partition coefficient (Wildman–Crippen LogP) is 0.904. The molecular weight excluding hydrogens is 230 g/mol. The van der Waals surface area contributed by atoms with Crippen LogP contribution in [0.4, 0.5) is 5.69 Å². The van der Waals surface area contributed by atoms with E-state index >= 15 is 0 Å². The summed E-state index contributed by atoms with van der Waals surface area (Å²) in [6.07, 6.45) is 1.71. The molecule has 2 heterocycles. The van der Waals surface area contributed by atoms with Gasteiger partial charge in [0, 0.05) is 18.9 Å². The lowest BCUT2D eigenvalue weighted by molar-refractivity contribution is -0.136. The number of nitrogens with zero attached hydrogens (tertiary/aromatic N) is 2. The van der Waals surface area contributed by atoms with Crippen molar-refractivity contribution >= 4 is 29.1 Å². The van der Waals surface area contributed by atoms with Gasteiger partial charge in [0.2, 0.25) is 5.91 Å².